The van der Waals surface area contributed by atoms with Crippen molar-refractivity contribution in [2.24, 2.45) is 4.40 Å². The van der Waals surface area contributed by atoms with Crippen LogP contribution in [-0.4, -0.2) is 64.9 Å². The lowest BCUT2D eigenvalue weighted by Gasteiger charge is -2.37. The summed E-state index contributed by atoms with van der Waals surface area (Å²) in [5.74, 6) is 2.12. The van der Waals surface area contributed by atoms with E-state index in [4.69, 9.17) is 0 Å². The minimum atomic E-state index is -3.60. The van der Waals surface area contributed by atoms with E-state index < -0.39 is 10.0 Å². The molecule has 2 aliphatic heterocycles. The van der Waals surface area contributed by atoms with Gasteiger partial charge in [0.15, 0.2) is 5.84 Å². The average Bonchev–Trinajstić information content (AvgIpc) is 3.25. The van der Waals surface area contributed by atoms with Gasteiger partial charge in [0.05, 0.1) is 0 Å². The van der Waals surface area contributed by atoms with Gasteiger partial charge in [-0.2, -0.15) is 23.0 Å². The van der Waals surface area contributed by atoms with Crippen molar-refractivity contribution in [2.45, 2.75) is 18.7 Å². The highest BCUT2D eigenvalue weighted by molar-refractivity contribution is 7.90. The maximum absolute atomic E-state index is 12.3. The molecule has 3 aromatic rings. The highest BCUT2D eigenvalue weighted by Gasteiger charge is 2.33. The van der Waals surface area contributed by atoms with Crippen molar-refractivity contribution in [3.8, 4) is 0 Å². The van der Waals surface area contributed by atoms with Crippen LogP contribution < -0.4 is 4.90 Å². The summed E-state index contributed by atoms with van der Waals surface area (Å²) in [6.07, 6.45) is 1.51. The van der Waals surface area contributed by atoms with E-state index >= 15 is 0 Å². The molecule has 0 atom stereocenters. The van der Waals surface area contributed by atoms with Crippen molar-refractivity contribution in [2.75, 3.05) is 31.1 Å². The first kappa shape index (κ1) is 17.1. The molecule has 4 heterocycles. The van der Waals surface area contributed by atoms with Crippen LogP contribution in [0.25, 0.3) is 5.78 Å². The van der Waals surface area contributed by atoms with Gasteiger partial charge in [-0.3, -0.25) is 0 Å². The predicted octanol–water partition coefficient (Wildman–Crippen LogP) is 1.01. The number of piperazine rings is 1. The molecule has 0 amide bonds. The Morgan fingerprint density at radius 2 is 1.71 bits per heavy atom. The van der Waals surface area contributed by atoms with Gasteiger partial charge in [0.25, 0.3) is 15.8 Å². The van der Waals surface area contributed by atoms with Crippen LogP contribution in [0.4, 0.5) is 5.82 Å². The highest BCUT2D eigenvalue weighted by Crippen LogP contribution is 2.29. The summed E-state index contributed by atoms with van der Waals surface area (Å²) in [6.45, 7) is 6.79. The van der Waals surface area contributed by atoms with Gasteiger partial charge < -0.3 is 9.80 Å². The van der Waals surface area contributed by atoms with E-state index in [1.807, 2.05) is 30.9 Å². The quantitative estimate of drug-likeness (QED) is 0.605. The van der Waals surface area contributed by atoms with Crippen LogP contribution in [0, 0.1) is 13.8 Å². The zero-order valence-corrected chi connectivity index (χ0v) is 16.4. The zero-order chi connectivity index (χ0) is 19.5. The monoisotopic (exact) mass is 397 g/mol. The maximum atomic E-state index is 12.3. The van der Waals surface area contributed by atoms with E-state index in [-0.39, 0.29) is 4.90 Å². The minimum Gasteiger partial charge on any atom is -0.353 e. The Bertz CT molecular complexity index is 1220. The van der Waals surface area contributed by atoms with E-state index in [9.17, 15) is 8.42 Å². The first-order valence-electron chi connectivity index (χ1n) is 9.07. The summed E-state index contributed by atoms with van der Waals surface area (Å²) >= 11 is 0. The number of aryl methyl sites for hydroxylation is 1. The molecule has 0 unspecified atom stereocenters. The second kappa shape index (κ2) is 5.99. The Morgan fingerprint density at radius 1 is 1.00 bits per heavy atom. The molecule has 0 aliphatic carbocycles. The van der Waals surface area contributed by atoms with Gasteiger partial charge in [-0.05, 0) is 26.0 Å². The summed E-state index contributed by atoms with van der Waals surface area (Å²) in [7, 11) is -3.60. The van der Waals surface area contributed by atoms with Crippen molar-refractivity contribution >= 4 is 27.5 Å². The fourth-order valence-electron chi connectivity index (χ4n) is 3.83. The van der Waals surface area contributed by atoms with Gasteiger partial charge in [0.1, 0.15) is 17.0 Å². The molecule has 10 heteroatoms. The third-order valence-electron chi connectivity index (χ3n) is 5.37. The Morgan fingerprint density at radius 3 is 2.50 bits per heavy atom. The van der Waals surface area contributed by atoms with E-state index in [1.54, 1.807) is 16.6 Å². The number of aromatic nitrogens is 4. The third kappa shape index (κ3) is 2.48. The second-order valence-electron chi connectivity index (χ2n) is 6.98. The van der Waals surface area contributed by atoms with Gasteiger partial charge in [-0.1, -0.05) is 12.1 Å². The summed E-state index contributed by atoms with van der Waals surface area (Å²) in [5, 5.41) is 4.33. The number of sulfonamides is 1. The largest absolute Gasteiger partial charge is 0.353 e. The zero-order valence-electron chi connectivity index (χ0n) is 15.6. The molecule has 2 aliphatic rings. The van der Waals surface area contributed by atoms with Gasteiger partial charge in [0.2, 0.25) is 0 Å². The molecule has 1 aromatic carbocycles. The maximum Gasteiger partial charge on any atom is 0.285 e. The molecule has 0 bridgehead atoms. The van der Waals surface area contributed by atoms with Gasteiger partial charge in [-0.25, -0.2) is 4.98 Å². The molecule has 0 N–H and O–H groups in total. The fraction of sp³-hybridized carbons (Fsp3) is 0.333. The molecule has 2 aromatic heterocycles. The van der Waals surface area contributed by atoms with Crippen molar-refractivity contribution < 1.29 is 8.42 Å². The number of fused-ring (bicyclic) bond motifs is 2. The number of nitrogens with zero attached hydrogens (tertiary/aromatic N) is 7. The van der Waals surface area contributed by atoms with Crippen LogP contribution in [0.3, 0.4) is 0 Å². The van der Waals surface area contributed by atoms with Crippen LogP contribution in [0.15, 0.2) is 39.9 Å². The Labute approximate surface area is 162 Å². The standard InChI is InChI=1S/C18H19N7O2S/c1-12-13(2)21-18-19-11-20-25(18)17(12)24-9-7-23(8-10-24)16-14-5-3-4-6-15(14)28(26,27)22-16/h3-6,11H,7-10H2,1-2H3. The number of hydrogen-bond acceptors (Lipinski definition) is 7. The SMILES string of the molecule is Cc1nc2ncnn2c(N2CCN(C3=NS(=O)(=O)c4ccccc43)CC2)c1C. The van der Waals surface area contributed by atoms with Crippen molar-refractivity contribution in [1.29, 1.82) is 0 Å². The van der Waals surface area contributed by atoms with Crippen LogP contribution >= 0.6 is 0 Å². The molecule has 1 fully saturated rings. The van der Waals surface area contributed by atoms with Crippen molar-refractivity contribution in [3.63, 3.8) is 0 Å². The molecule has 144 valence electrons. The summed E-state index contributed by atoms with van der Waals surface area (Å²) in [6, 6.07) is 7.00. The molecule has 0 radical (unpaired) electrons. The molecule has 28 heavy (non-hydrogen) atoms. The first-order valence-corrected chi connectivity index (χ1v) is 10.5. The smallest absolute Gasteiger partial charge is 0.285 e. The van der Waals surface area contributed by atoms with E-state index in [2.05, 4.69) is 24.4 Å². The first-order chi connectivity index (χ1) is 13.5. The van der Waals surface area contributed by atoms with Crippen LogP contribution in [0.1, 0.15) is 16.8 Å². The molecule has 5 rings (SSSR count). The highest BCUT2D eigenvalue weighted by atomic mass is 32.2. The lowest BCUT2D eigenvalue weighted by molar-refractivity contribution is 0.384. The number of rotatable bonds is 1. The molecular weight excluding hydrogens is 378 g/mol. The Kier molecular flexibility index (Phi) is 3.66. The molecular formula is C18H19N7O2S. The van der Waals surface area contributed by atoms with Crippen molar-refractivity contribution in [1.82, 2.24) is 24.5 Å². The molecule has 9 nitrogen and oxygen atoms in total. The van der Waals surface area contributed by atoms with Gasteiger partial charge >= 0.3 is 0 Å². The number of amidine groups is 1. The average molecular weight is 397 g/mol. The van der Waals surface area contributed by atoms with E-state index in [1.165, 1.54) is 6.33 Å². The van der Waals surface area contributed by atoms with Gasteiger partial charge in [-0.15, -0.1) is 4.40 Å². The lowest BCUT2D eigenvalue weighted by atomic mass is 10.1. The van der Waals surface area contributed by atoms with E-state index in [0.29, 0.717) is 30.3 Å². The van der Waals surface area contributed by atoms with Crippen molar-refractivity contribution in [3.05, 3.63) is 47.4 Å². The number of anilines is 1. The minimum absolute atomic E-state index is 0.289. The Balaban J connectivity index is 1.45. The van der Waals surface area contributed by atoms with Crippen LogP contribution in [0.5, 0.6) is 0 Å². The van der Waals surface area contributed by atoms with Crippen LogP contribution in [0.2, 0.25) is 0 Å². The second-order valence-corrected chi connectivity index (χ2v) is 8.55. The molecule has 0 saturated carbocycles. The lowest BCUT2D eigenvalue weighted by Crippen LogP contribution is -2.49. The fourth-order valence-corrected chi connectivity index (χ4v) is 5.06. The molecule has 0 spiro atoms. The van der Waals surface area contributed by atoms with Gasteiger partial charge in [0, 0.05) is 43.0 Å². The predicted molar refractivity (Wildman–Crippen MR) is 104 cm³/mol. The summed E-state index contributed by atoms with van der Waals surface area (Å²) < 4.78 is 30.5. The normalized spacial score (nSPS) is 18.4. The summed E-state index contributed by atoms with van der Waals surface area (Å²) in [4.78, 5) is 13.3. The topological polar surface area (TPSA) is 96.1 Å². The van der Waals surface area contributed by atoms with E-state index in [0.717, 1.165) is 30.2 Å². The third-order valence-corrected chi connectivity index (χ3v) is 6.69. The number of benzene rings is 1. The Hall–Kier alpha value is -3.01. The van der Waals surface area contributed by atoms with Crippen LogP contribution in [-0.2, 0) is 10.0 Å². The summed E-state index contributed by atoms with van der Waals surface area (Å²) in [5.41, 5.74) is 2.68. The molecule has 1 saturated heterocycles. The number of hydrogen-bond donors (Lipinski definition) is 0.